The van der Waals surface area contributed by atoms with Crippen molar-refractivity contribution in [1.82, 2.24) is 20.0 Å². The van der Waals surface area contributed by atoms with Crippen molar-refractivity contribution in [3.05, 3.63) is 17.5 Å². The number of hydrogen-bond acceptors (Lipinski definition) is 3. The zero-order valence-corrected chi connectivity index (χ0v) is 14.6. The Kier molecular flexibility index (Phi) is 5.10. The van der Waals surface area contributed by atoms with E-state index < -0.39 is 0 Å². The quantitative estimate of drug-likeness (QED) is 0.906. The molecule has 0 bridgehead atoms. The average molecular weight is 292 g/mol. The molecule has 1 saturated heterocycles. The van der Waals surface area contributed by atoms with Crippen LogP contribution in [0.1, 0.15) is 51.9 Å². The highest BCUT2D eigenvalue weighted by Gasteiger charge is 2.33. The van der Waals surface area contributed by atoms with Gasteiger partial charge in [-0.25, -0.2) is 0 Å². The predicted octanol–water partition coefficient (Wildman–Crippen LogP) is 2.87. The Balaban J connectivity index is 1.99. The lowest BCUT2D eigenvalue weighted by molar-refractivity contribution is 0.238. The van der Waals surface area contributed by atoms with Gasteiger partial charge in [0.1, 0.15) is 0 Å². The fourth-order valence-corrected chi connectivity index (χ4v) is 3.38. The first kappa shape index (κ1) is 16.5. The fraction of sp³-hybridized carbons (Fsp3) is 0.824. The van der Waals surface area contributed by atoms with Gasteiger partial charge in [0.25, 0.3) is 0 Å². The Hall–Kier alpha value is -0.870. The van der Waals surface area contributed by atoms with Gasteiger partial charge in [0, 0.05) is 36.8 Å². The van der Waals surface area contributed by atoms with Gasteiger partial charge in [-0.3, -0.25) is 10.00 Å². The van der Waals surface area contributed by atoms with Gasteiger partial charge in [0.05, 0.1) is 5.69 Å². The van der Waals surface area contributed by atoms with Crippen LogP contribution >= 0.6 is 0 Å². The predicted molar refractivity (Wildman–Crippen MR) is 88.4 cm³/mol. The zero-order chi connectivity index (χ0) is 15.6. The average Bonchev–Trinajstić information content (AvgIpc) is 2.96. The molecule has 2 rings (SSSR count). The molecule has 1 aliphatic rings. The second-order valence-electron chi connectivity index (χ2n) is 7.80. The summed E-state index contributed by atoms with van der Waals surface area (Å²) in [6.45, 7) is 12.3. The second kappa shape index (κ2) is 6.49. The summed E-state index contributed by atoms with van der Waals surface area (Å²) in [5.41, 5.74) is 2.52. The molecule has 1 aromatic rings. The third-order valence-electron chi connectivity index (χ3n) is 4.60. The molecular weight excluding hydrogens is 260 g/mol. The smallest absolute Gasteiger partial charge is 0.0678 e. The van der Waals surface area contributed by atoms with Gasteiger partial charge < -0.3 is 4.90 Å². The number of rotatable bonds is 5. The van der Waals surface area contributed by atoms with Crippen LogP contribution < -0.4 is 0 Å². The monoisotopic (exact) mass is 292 g/mol. The van der Waals surface area contributed by atoms with Crippen LogP contribution in [0.3, 0.4) is 0 Å². The molecule has 1 N–H and O–H groups in total. The number of nitrogens with one attached hydrogen (secondary N) is 1. The van der Waals surface area contributed by atoms with E-state index in [9.17, 15) is 0 Å². The fourth-order valence-electron chi connectivity index (χ4n) is 3.38. The number of likely N-dealkylation sites (tertiary alicyclic amines) is 1. The van der Waals surface area contributed by atoms with E-state index >= 15 is 0 Å². The lowest BCUT2D eigenvalue weighted by Crippen LogP contribution is -2.35. The molecule has 0 amide bonds. The van der Waals surface area contributed by atoms with E-state index in [1.807, 2.05) is 0 Å². The Bertz CT molecular complexity index is 444. The SMILES string of the molecule is CCC[C@@H]1CN(Cc2cc(C(C)(C)C)n[nH]2)C[C@H]1N(C)C. The number of aromatic nitrogens is 2. The highest BCUT2D eigenvalue weighted by Crippen LogP contribution is 2.26. The van der Waals surface area contributed by atoms with Crippen molar-refractivity contribution in [1.29, 1.82) is 0 Å². The van der Waals surface area contributed by atoms with Gasteiger partial charge in [0.2, 0.25) is 0 Å². The summed E-state index contributed by atoms with van der Waals surface area (Å²) < 4.78 is 0. The summed E-state index contributed by atoms with van der Waals surface area (Å²) in [5.74, 6) is 0.801. The Morgan fingerprint density at radius 2 is 2.05 bits per heavy atom. The standard InChI is InChI=1S/C17H32N4/c1-7-8-13-10-21(12-15(13)20(5)6)11-14-9-16(19-18-14)17(2,3)4/h9,13,15H,7-8,10-12H2,1-6H3,(H,18,19)/t13-,15-/m1/s1. The first-order valence-electron chi connectivity index (χ1n) is 8.24. The normalized spacial score (nSPS) is 24.1. The van der Waals surface area contributed by atoms with E-state index in [1.165, 1.54) is 31.6 Å². The lowest BCUT2D eigenvalue weighted by atomic mass is 9.92. The Morgan fingerprint density at radius 3 is 2.57 bits per heavy atom. The highest BCUT2D eigenvalue weighted by molar-refractivity contribution is 5.16. The van der Waals surface area contributed by atoms with Crippen LogP contribution in [-0.2, 0) is 12.0 Å². The van der Waals surface area contributed by atoms with Crippen molar-refractivity contribution in [2.75, 3.05) is 27.2 Å². The van der Waals surface area contributed by atoms with Crippen molar-refractivity contribution in [2.45, 2.75) is 58.5 Å². The maximum atomic E-state index is 4.48. The molecule has 21 heavy (non-hydrogen) atoms. The molecule has 0 unspecified atom stereocenters. The third-order valence-corrected chi connectivity index (χ3v) is 4.60. The molecular formula is C17H32N4. The molecule has 0 radical (unpaired) electrons. The van der Waals surface area contributed by atoms with Crippen molar-refractivity contribution in [2.24, 2.45) is 5.92 Å². The molecule has 1 fully saturated rings. The van der Waals surface area contributed by atoms with Crippen LogP contribution in [0, 0.1) is 5.92 Å². The molecule has 0 saturated carbocycles. The molecule has 0 aromatic carbocycles. The number of nitrogens with zero attached hydrogens (tertiary/aromatic N) is 3. The van der Waals surface area contributed by atoms with E-state index in [0.717, 1.165) is 18.2 Å². The molecule has 4 nitrogen and oxygen atoms in total. The summed E-state index contributed by atoms with van der Waals surface area (Å²) >= 11 is 0. The molecule has 2 atom stereocenters. The number of likely N-dealkylation sites (N-methyl/N-ethyl adjacent to an activating group) is 1. The van der Waals surface area contributed by atoms with Crippen molar-refractivity contribution in [3.63, 3.8) is 0 Å². The first-order chi connectivity index (χ1) is 9.81. The van der Waals surface area contributed by atoms with Gasteiger partial charge in [0.15, 0.2) is 0 Å². The molecule has 120 valence electrons. The number of hydrogen-bond donors (Lipinski definition) is 1. The molecule has 4 heteroatoms. The number of aromatic amines is 1. The molecule has 0 aliphatic carbocycles. The van der Waals surface area contributed by atoms with Crippen LogP contribution in [0.5, 0.6) is 0 Å². The van der Waals surface area contributed by atoms with Crippen LogP contribution in [0.25, 0.3) is 0 Å². The first-order valence-corrected chi connectivity index (χ1v) is 8.24. The maximum absolute atomic E-state index is 4.48. The maximum Gasteiger partial charge on any atom is 0.0678 e. The van der Waals surface area contributed by atoms with Gasteiger partial charge in [-0.15, -0.1) is 0 Å². The van der Waals surface area contributed by atoms with Crippen LogP contribution in [0.15, 0.2) is 6.07 Å². The highest BCUT2D eigenvalue weighted by atomic mass is 15.3. The molecule has 1 aromatic heterocycles. The second-order valence-corrected chi connectivity index (χ2v) is 7.80. The lowest BCUT2D eigenvalue weighted by Gasteiger charge is -2.24. The minimum absolute atomic E-state index is 0.122. The van der Waals surface area contributed by atoms with Gasteiger partial charge in [-0.05, 0) is 32.5 Å². The van der Waals surface area contributed by atoms with Crippen LogP contribution in [-0.4, -0.2) is 53.2 Å². The number of H-pyrrole nitrogens is 1. The minimum Gasteiger partial charge on any atom is -0.305 e. The van der Waals surface area contributed by atoms with Crippen molar-refractivity contribution >= 4 is 0 Å². The summed E-state index contributed by atoms with van der Waals surface area (Å²) in [7, 11) is 4.43. The van der Waals surface area contributed by atoms with Crippen LogP contribution in [0.4, 0.5) is 0 Å². The molecule has 1 aliphatic heterocycles. The van der Waals surface area contributed by atoms with Gasteiger partial charge in [-0.2, -0.15) is 5.10 Å². The van der Waals surface area contributed by atoms with E-state index in [2.05, 4.69) is 67.9 Å². The van der Waals surface area contributed by atoms with E-state index in [0.29, 0.717) is 6.04 Å². The van der Waals surface area contributed by atoms with Crippen molar-refractivity contribution in [3.8, 4) is 0 Å². The summed E-state index contributed by atoms with van der Waals surface area (Å²) in [6, 6.07) is 2.92. The Morgan fingerprint density at radius 1 is 1.33 bits per heavy atom. The summed E-state index contributed by atoms with van der Waals surface area (Å²) in [4.78, 5) is 4.97. The van der Waals surface area contributed by atoms with E-state index in [4.69, 9.17) is 0 Å². The van der Waals surface area contributed by atoms with Crippen LogP contribution in [0.2, 0.25) is 0 Å². The van der Waals surface area contributed by atoms with E-state index in [-0.39, 0.29) is 5.41 Å². The minimum atomic E-state index is 0.122. The van der Waals surface area contributed by atoms with Crippen molar-refractivity contribution < 1.29 is 0 Å². The van der Waals surface area contributed by atoms with Gasteiger partial charge in [-0.1, -0.05) is 34.1 Å². The molecule has 0 spiro atoms. The van der Waals surface area contributed by atoms with E-state index in [1.54, 1.807) is 0 Å². The summed E-state index contributed by atoms with van der Waals surface area (Å²) in [6.07, 6.45) is 2.61. The largest absolute Gasteiger partial charge is 0.305 e. The molecule has 2 heterocycles. The third kappa shape index (κ3) is 4.07. The zero-order valence-electron chi connectivity index (χ0n) is 14.6. The summed E-state index contributed by atoms with van der Waals surface area (Å²) in [5, 5.41) is 7.70. The Labute approximate surface area is 129 Å². The van der Waals surface area contributed by atoms with Gasteiger partial charge >= 0.3 is 0 Å². The topological polar surface area (TPSA) is 35.2 Å².